The highest BCUT2D eigenvalue weighted by atomic mass is 32.2. The van der Waals surface area contributed by atoms with Gasteiger partial charge in [0.25, 0.3) is 0 Å². The van der Waals surface area contributed by atoms with Gasteiger partial charge >= 0.3 is 0 Å². The molecule has 4 atom stereocenters. The van der Waals surface area contributed by atoms with Crippen LogP contribution in [0.1, 0.15) is 38.2 Å². The highest BCUT2D eigenvalue weighted by molar-refractivity contribution is 7.85. The van der Waals surface area contributed by atoms with Gasteiger partial charge in [-0.2, -0.15) is 0 Å². The van der Waals surface area contributed by atoms with Gasteiger partial charge in [0.15, 0.2) is 0 Å². The molecular formula is C18H25NO3S. The highest BCUT2D eigenvalue weighted by Gasteiger charge is 2.33. The minimum absolute atomic E-state index is 0.0458. The van der Waals surface area contributed by atoms with Gasteiger partial charge in [-0.05, 0) is 30.9 Å². The third kappa shape index (κ3) is 3.77. The molecule has 23 heavy (non-hydrogen) atoms. The van der Waals surface area contributed by atoms with E-state index in [2.05, 4.69) is 5.32 Å². The van der Waals surface area contributed by atoms with Gasteiger partial charge in [0.2, 0.25) is 5.91 Å². The Hall–Kier alpha value is -1.36. The minimum atomic E-state index is -0.847. The summed E-state index contributed by atoms with van der Waals surface area (Å²) in [6.07, 6.45) is 4.83. The summed E-state index contributed by atoms with van der Waals surface area (Å²) in [5.74, 6) is 1.45. The summed E-state index contributed by atoms with van der Waals surface area (Å²) >= 11 is 0. The maximum absolute atomic E-state index is 12.6. The van der Waals surface area contributed by atoms with Crippen LogP contribution in [0.25, 0.3) is 0 Å². The van der Waals surface area contributed by atoms with Crippen molar-refractivity contribution in [2.24, 2.45) is 5.92 Å². The first-order valence-electron chi connectivity index (χ1n) is 8.57. The zero-order valence-electron chi connectivity index (χ0n) is 13.6. The van der Waals surface area contributed by atoms with Crippen molar-refractivity contribution in [3.05, 3.63) is 29.8 Å². The van der Waals surface area contributed by atoms with Gasteiger partial charge in [0, 0.05) is 22.6 Å². The number of fused-ring (bicyclic) bond motifs is 1. The van der Waals surface area contributed by atoms with E-state index in [1.165, 1.54) is 0 Å². The lowest BCUT2D eigenvalue weighted by molar-refractivity contribution is -0.127. The zero-order valence-corrected chi connectivity index (χ0v) is 14.4. The van der Waals surface area contributed by atoms with E-state index in [9.17, 15) is 9.00 Å². The lowest BCUT2D eigenvalue weighted by Crippen LogP contribution is -2.50. The van der Waals surface area contributed by atoms with Crippen molar-refractivity contribution in [1.29, 1.82) is 0 Å². The molecule has 1 amide bonds. The van der Waals surface area contributed by atoms with Crippen LogP contribution in [0.5, 0.6) is 5.75 Å². The van der Waals surface area contributed by atoms with Gasteiger partial charge in [-0.15, -0.1) is 0 Å². The van der Waals surface area contributed by atoms with E-state index in [1.54, 1.807) is 0 Å². The van der Waals surface area contributed by atoms with Crippen LogP contribution in [0.3, 0.4) is 0 Å². The van der Waals surface area contributed by atoms with Crippen LogP contribution in [-0.4, -0.2) is 33.8 Å². The Labute approximate surface area is 140 Å². The molecule has 1 N–H and O–H groups in total. The van der Waals surface area contributed by atoms with Gasteiger partial charge in [-0.1, -0.05) is 38.0 Å². The van der Waals surface area contributed by atoms with Crippen molar-refractivity contribution in [3.63, 3.8) is 0 Å². The second kappa shape index (κ2) is 7.47. The number of ether oxygens (including phenoxy) is 1. The third-order valence-corrected chi connectivity index (χ3v) is 6.71. The second-order valence-electron chi connectivity index (χ2n) is 6.43. The molecule has 1 heterocycles. The van der Waals surface area contributed by atoms with Gasteiger partial charge in [0.1, 0.15) is 12.4 Å². The monoisotopic (exact) mass is 335 g/mol. The molecule has 0 aromatic heterocycles. The first-order valence-corrected chi connectivity index (χ1v) is 9.95. The number of benzene rings is 1. The molecule has 4 unspecified atom stereocenters. The molecule has 0 saturated heterocycles. The highest BCUT2D eigenvalue weighted by Crippen LogP contribution is 2.28. The molecule has 5 heteroatoms. The second-order valence-corrected chi connectivity index (χ2v) is 8.37. The number of para-hydroxylation sites is 1. The van der Waals surface area contributed by atoms with Crippen molar-refractivity contribution in [2.45, 2.75) is 50.3 Å². The van der Waals surface area contributed by atoms with Crippen LogP contribution in [0.4, 0.5) is 0 Å². The third-order valence-electron chi connectivity index (χ3n) is 4.90. The van der Waals surface area contributed by atoms with Gasteiger partial charge in [-0.25, -0.2) is 0 Å². The summed E-state index contributed by atoms with van der Waals surface area (Å²) in [6, 6.07) is 7.94. The number of carbonyl (C=O) groups excluding carboxylic acids is 1. The number of hydrogen-bond acceptors (Lipinski definition) is 3. The number of amides is 1. The van der Waals surface area contributed by atoms with Gasteiger partial charge in [0.05, 0.1) is 11.2 Å². The van der Waals surface area contributed by atoms with Crippen molar-refractivity contribution < 1.29 is 13.7 Å². The van der Waals surface area contributed by atoms with E-state index in [0.717, 1.165) is 43.4 Å². The molecular weight excluding hydrogens is 310 g/mol. The SMILES string of the molecule is CCS(=O)C1CCCCC1NC(=O)C1COc2ccccc2C1. The summed E-state index contributed by atoms with van der Waals surface area (Å²) in [7, 11) is -0.847. The Morgan fingerprint density at radius 1 is 1.30 bits per heavy atom. The molecule has 1 aliphatic carbocycles. The largest absolute Gasteiger partial charge is 0.492 e. The number of hydrogen-bond donors (Lipinski definition) is 1. The Bertz CT molecular complexity index is 589. The molecule has 126 valence electrons. The average Bonchev–Trinajstić information content (AvgIpc) is 2.61. The van der Waals surface area contributed by atoms with Crippen LogP contribution >= 0.6 is 0 Å². The summed E-state index contributed by atoms with van der Waals surface area (Å²) in [6.45, 7) is 2.38. The van der Waals surface area contributed by atoms with E-state index < -0.39 is 10.8 Å². The quantitative estimate of drug-likeness (QED) is 0.919. The van der Waals surface area contributed by atoms with Crippen LogP contribution < -0.4 is 10.1 Å². The Kier molecular flexibility index (Phi) is 5.36. The molecule has 1 aromatic carbocycles. The van der Waals surface area contributed by atoms with Crippen LogP contribution in [-0.2, 0) is 22.0 Å². The maximum atomic E-state index is 12.6. The summed E-state index contributed by atoms with van der Waals surface area (Å²) in [5.41, 5.74) is 1.09. The van der Waals surface area contributed by atoms with E-state index >= 15 is 0 Å². The minimum Gasteiger partial charge on any atom is -0.492 e. The normalized spacial score (nSPS) is 28.3. The number of carbonyl (C=O) groups is 1. The molecule has 0 spiro atoms. The van der Waals surface area contributed by atoms with Crippen LogP contribution in [0, 0.1) is 5.92 Å². The average molecular weight is 335 g/mol. The predicted octanol–water partition coefficient (Wildman–Crippen LogP) is 2.43. The molecule has 0 bridgehead atoms. The van der Waals surface area contributed by atoms with Crippen molar-refractivity contribution in [1.82, 2.24) is 5.32 Å². The molecule has 1 aromatic rings. The van der Waals surface area contributed by atoms with E-state index in [0.29, 0.717) is 12.4 Å². The molecule has 0 radical (unpaired) electrons. The summed E-state index contributed by atoms with van der Waals surface area (Å²) in [5, 5.41) is 3.28. The molecule has 1 aliphatic heterocycles. The summed E-state index contributed by atoms with van der Waals surface area (Å²) < 4.78 is 18.0. The lowest BCUT2D eigenvalue weighted by atomic mass is 9.92. The van der Waals surface area contributed by atoms with E-state index in [4.69, 9.17) is 4.74 Å². The standard InChI is InChI=1S/C18H25NO3S/c1-2-23(21)17-10-6-4-8-15(17)19-18(20)14-11-13-7-3-5-9-16(13)22-12-14/h3,5,7,9,14-15,17H,2,4,6,8,10-12H2,1H3,(H,19,20). The molecule has 1 fully saturated rings. The fraction of sp³-hybridized carbons (Fsp3) is 0.611. The van der Waals surface area contributed by atoms with Crippen LogP contribution in [0.15, 0.2) is 24.3 Å². The number of rotatable bonds is 4. The smallest absolute Gasteiger partial charge is 0.227 e. The Balaban J connectivity index is 1.63. The van der Waals surface area contributed by atoms with Crippen LogP contribution in [0.2, 0.25) is 0 Å². The van der Waals surface area contributed by atoms with Crippen molar-refractivity contribution in [2.75, 3.05) is 12.4 Å². The van der Waals surface area contributed by atoms with Crippen molar-refractivity contribution in [3.8, 4) is 5.75 Å². The predicted molar refractivity (Wildman–Crippen MR) is 92.0 cm³/mol. The van der Waals surface area contributed by atoms with E-state index in [-0.39, 0.29) is 23.1 Å². The molecule has 2 aliphatic rings. The lowest BCUT2D eigenvalue weighted by Gasteiger charge is -2.33. The summed E-state index contributed by atoms with van der Waals surface area (Å²) in [4.78, 5) is 12.6. The van der Waals surface area contributed by atoms with Crippen molar-refractivity contribution >= 4 is 16.7 Å². The van der Waals surface area contributed by atoms with Gasteiger partial charge in [-0.3, -0.25) is 9.00 Å². The Morgan fingerprint density at radius 3 is 2.91 bits per heavy atom. The van der Waals surface area contributed by atoms with E-state index in [1.807, 2.05) is 31.2 Å². The molecule has 1 saturated carbocycles. The first kappa shape index (κ1) is 16.5. The first-order chi connectivity index (χ1) is 11.2. The zero-order chi connectivity index (χ0) is 16.2. The van der Waals surface area contributed by atoms with Gasteiger partial charge < -0.3 is 10.1 Å². The number of nitrogens with one attached hydrogen (secondary N) is 1. The fourth-order valence-electron chi connectivity index (χ4n) is 3.59. The molecule has 4 nitrogen and oxygen atoms in total. The maximum Gasteiger partial charge on any atom is 0.227 e. The topological polar surface area (TPSA) is 55.4 Å². The molecule has 3 rings (SSSR count). The Morgan fingerprint density at radius 2 is 2.09 bits per heavy atom. The fourth-order valence-corrected chi connectivity index (χ4v) is 5.02.